The van der Waals surface area contributed by atoms with E-state index in [4.69, 9.17) is 4.74 Å². The van der Waals surface area contributed by atoms with Crippen molar-refractivity contribution >= 4 is 17.8 Å². The summed E-state index contributed by atoms with van der Waals surface area (Å²) in [6.07, 6.45) is 0. The smallest absolute Gasteiger partial charge is 0.312 e. The number of nitrogens with zero attached hydrogens (tertiary/aromatic N) is 1. The molecule has 0 saturated carbocycles. The molecule has 0 radical (unpaired) electrons. The fourth-order valence-corrected chi connectivity index (χ4v) is 1.81. The fourth-order valence-electron chi connectivity index (χ4n) is 1.81. The lowest BCUT2D eigenvalue weighted by molar-refractivity contribution is -0.154. The lowest BCUT2D eigenvalue weighted by atomic mass is 9.92. The van der Waals surface area contributed by atoms with Crippen molar-refractivity contribution in [2.75, 3.05) is 20.2 Å². The van der Waals surface area contributed by atoms with Gasteiger partial charge in [0.15, 0.2) is 0 Å². The Kier molecular flexibility index (Phi) is 3.87. The van der Waals surface area contributed by atoms with Crippen molar-refractivity contribution in [2.24, 2.45) is 5.41 Å². The molecule has 0 bridgehead atoms. The highest BCUT2D eigenvalue weighted by Crippen LogP contribution is 2.21. The number of ether oxygens (including phenoxy) is 1. The Morgan fingerprint density at radius 2 is 2.12 bits per heavy atom. The third-order valence-corrected chi connectivity index (χ3v) is 2.87. The maximum Gasteiger partial charge on any atom is 0.312 e. The lowest BCUT2D eigenvalue weighted by Crippen LogP contribution is -2.59. The van der Waals surface area contributed by atoms with Gasteiger partial charge < -0.3 is 4.74 Å². The average Bonchev–Trinajstić information content (AvgIpc) is 2.23. The van der Waals surface area contributed by atoms with Gasteiger partial charge in [-0.05, 0) is 20.8 Å². The van der Waals surface area contributed by atoms with Gasteiger partial charge in [-0.15, -0.1) is 0 Å². The van der Waals surface area contributed by atoms with Crippen molar-refractivity contribution in [3.8, 4) is 0 Å². The van der Waals surface area contributed by atoms with E-state index in [1.54, 1.807) is 25.7 Å². The first kappa shape index (κ1) is 13.6. The van der Waals surface area contributed by atoms with E-state index in [0.29, 0.717) is 6.54 Å². The summed E-state index contributed by atoms with van der Waals surface area (Å²) < 4.78 is 4.69. The number of carbonyl (C=O) groups is 3. The van der Waals surface area contributed by atoms with Crippen molar-refractivity contribution in [1.29, 1.82) is 0 Å². The first-order chi connectivity index (χ1) is 7.77. The van der Waals surface area contributed by atoms with Gasteiger partial charge in [0.2, 0.25) is 11.8 Å². The number of amides is 2. The van der Waals surface area contributed by atoms with Gasteiger partial charge in [-0.3, -0.25) is 24.6 Å². The molecule has 2 amide bonds. The van der Waals surface area contributed by atoms with Gasteiger partial charge in [0, 0.05) is 6.54 Å². The number of hydrogen-bond acceptors (Lipinski definition) is 5. The number of carbonyl (C=O) groups excluding carboxylic acids is 3. The van der Waals surface area contributed by atoms with Crippen molar-refractivity contribution in [1.82, 2.24) is 10.2 Å². The normalized spacial score (nSPS) is 22.2. The summed E-state index contributed by atoms with van der Waals surface area (Å²) in [5.74, 6) is -1.03. The van der Waals surface area contributed by atoms with E-state index in [1.807, 2.05) is 0 Å². The van der Waals surface area contributed by atoms with E-state index >= 15 is 0 Å². The Morgan fingerprint density at radius 3 is 2.65 bits per heavy atom. The van der Waals surface area contributed by atoms with E-state index in [2.05, 4.69) is 5.32 Å². The van der Waals surface area contributed by atoms with Crippen LogP contribution in [0.3, 0.4) is 0 Å². The number of hydrogen-bond donors (Lipinski definition) is 1. The molecule has 0 aliphatic carbocycles. The summed E-state index contributed by atoms with van der Waals surface area (Å²) in [4.78, 5) is 35.9. The van der Waals surface area contributed by atoms with Crippen LogP contribution in [0.5, 0.6) is 0 Å². The Bertz CT molecular complexity index is 351. The summed E-state index contributed by atoms with van der Waals surface area (Å²) in [5, 5.41) is 2.25. The second-order valence-corrected chi connectivity index (χ2v) is 4.87. The largest absolute Gasteiger partial charge is 0.469 e. The zero-order chi connectivity index (χ0) is 13.2. The van der Waals surface area contributed by atoms with Crippen molar-refractivity contribution in [3.05, 3.63) is 0 Å². The molecule has 1 atom stereocenters. The van der Waals surface area contributed by atoms with Crippen LogP contribution in [0, 0.1) is 5.41 Å². The number of rotatable bonds is 3. The van der Waals surface area contributed by atoms with Crippen molar-refractivity contribution in [2.45, 2.75) is 26.8 Å². The highest BCUT2D eigenvalue weighted by molar-refractivity contribution is 6.00. The molecule has 1 aliphatic heterocycles. The molecule has 1 unspecified atom stereocenters. The molecular weight excluding hydrogens is 224 g/mol. The third-order valence-electron chi connectivity index (χ3n) is 2.87. The molecule has 0 aromatic rings. The molecule has 17 heavy (non-hydrogen) atoms. The van der Waals surface area contributed by atoms with Crippen LogP contribution < -0.4 is 5.32 Å². The summed E-state index contributed by atoms with van der Waals surface area (Å²) in [5.41, 5.74) is -0.749. The summed E-state index contributed by atoms with van der Waals surface area (Å²) in [6, 6.07) is -0.420. The molecule has 96 valence electrons. The van der Waals surface area contributed by atoms with E-state index in [-0.39, 0.29) is 24.3 Å². The quantitative estimate of drug-likeness (QED) is 0.535. The van der Waals surface area contributed by atoms with E-state index < -0.39 is 11.5 Å². The average molecular weight is 242 g/mol. The van der Waals surface area contributed by atoms with Gasteiger partial charge in [0.05, 0.1) is 25.1 Å². The van der Waals surface area contributed by atoms with Crippen LogP contribution in [-0.4, -0.2) is 48.9 Å². The first-order valence-corrected chi connectivity index (χ1v) is 5.44. The molecule has 0 spiro atoms. The number of imide groups is 1. The maximum absolute atomic E-state index is 11.5. The molecule has 6 heteroatoms. The van der Waals surface area contributed by atoms with Crippen LogP contribution >= 0.6 is 0 Å². The van der Waals surface area contributed by atoms with Crippen LogP contribution in [0.4, 0.5) is 0 Å². The number of nitrogens with one attached hydrogen (secondary N) is 1. The highest BCUT2D eigenvalue weighted by atomic mass is 16.5. The number of esters is 1. The number of piperazine rings is 1. The topological polar surface area (TPSA) is 75.7 Å². The van der Waals surface area contributed by atoms with Crippen molar-refractivity contribution < 1.29 is 19.1 Å². The summed E-state index contributed by atoms with van der Waals surface area (Å²) in [7, 11) is 1.32. The standard InChI is InChI=1S/C11H18N2O4/c1-7-9(15)12-8(14)5-13(7)6-11(2,3)10(16)17-4/h7H,5-6H2,1-4H3,(H,12,14,15). The van der Waals surface area contributed by atoms with E-state index in [0.717, 1.165) is 0 Å². The minimum Gasteiger partial charge on any atom is -0.469 e. The molecule has 0 aromatic carbocycles. The minimum atomic E-state index is -0.749. The van der Waals surface area contributed by atoms with Gasteiger partial charge >= 0.3 is 5.97 Å². The third kappa shape index (κ3) is 3.03. The molecule has 6 nitrogen and oxygen atoms in total. The van der Waals surface area contributed by atoms with Crippen LogP contribution in [0.2, 0.25) is 0 Å². The summed E-state index contributed by atoms with van der Waals surface area (Å²) in [6.45, 7) is 5.58. The van der Waals surface area contributed by atoms with Crippen LogP contribution in [-0.2, 0) is 19.1 Å². The monoisotopic (exact) mass is 242 g/mol. The predicted molar refractivity (Wildman–Crippen MR) is 60.0 cm³/mol. The van der Waals surface area contributed by atoms with Gasteiger partial charge in [-0.2, -0.15) is 0 Å². The zero-order valence-corrected chi connectivity index (χ0v) is 10.6. The molecule has 1 fully saturated rings. The SMILES string of the molecule is COC(=O)C(C)(C)CN1CC(=O)NC(=O)C1C. The molecule has 1 aliphatic rings. The maximum atomic E-state index is 11.5. The fraction of sp³-hybridized carbons (Fsp3) is 0.727. The molecular formula is C11H18N2O4. The van der Waals surface area contributed by atoms with Crippen LogP contribution in [0.1, 0.15) is 20.8 Å². The first-order valence-electron chi connectivity index (χ1n) is 5.44. The van der Waals surface area contributed by atoms with Gasteiger partial charge in [-0.25, -0.2) is 0 Å². The Labute approximate surface area is 100 Å². The van der Waals surface area contributed by atoms with E-state index in [9.17, 15) is 14.4 Å². The Balaban J connectivity index is 2.76. The highest BCUT2D eigenvalue weighted by Gasteiger charge is 2.37. The Morgan fingerprint density at radius 1 is 1.53 bits per heavy atom. The van der Waals surface area contributed by atoms with Gasteiger partial charge in [0.1, 0.15) is 0 Å². The van der Waals surface area contributed by atoms with Crippen molar-refractivity contribution in [3.63, 3.8) is 0 Å². The molecule has 1 N–H and O–H groups in total. The molecule has 1 heterocycles. The predicted octanol–water partition coefficient (Wildman–Crippen LogP) is -0.467. The Hall–Kier alpha value is -1.43. The number of methoxy groups -OCH3 is 1. The van der Waals surface area contributed by atoms with Crippen LogP contribution in [0.15, 0.2) is 0 Å². The molecule has 1 saturated heterocycles. The van der Waals surface area contributed by atoms with Gasteiger partial charge in [0.25, 0.3) is 0 Å². The second kappa shape index (κ2) is 4.83. The van der Waals surface area contributed by atoms with Crippen LogP contribution in [0.25, 0.3) is 0 Å². The zero-order valence-electron chi connectivity index (χ0n) is 10.6. The molecule has 0 aromatic heterocycles. The second-order valence-electron chi connectivity index (χ2n) is 4.87. The molecule has 1 rings (SSSR count). The summed E-state index contributed by atoms with van der Waals surface area (Å²) >= 11 is 0. The lowest BCUT2D eigenvalue weighted by Gasteiger charge is -2.36. The van der Waals surface area contributed by atoms with E-state index in [1.165, 1.54) is 7.11 Å². The minimum absolute atomic E-state index is 0.118. The van der Waals surface area contributed by atoms with Gasteiger partial charge in [-0.1, -0.05) is 0 Å².